The third-order valence-electron chi connectivity index (χ3n) is 16.0. The summed E-state index contributed by atoms with van der Waals surface area (Å²) in [5, 5.41) is 60.5. The molecule has 0 rings (SSSR count). The van der Waals surface area contributed by atoms with Crippen molar-refractivity contribution in [3.63, 3.8) is 0 Å². The van der Waals surface area contributed by atoms with Crippen molar-refractivity contribution in [2.75, 3.05) is 119 Å². The Balaban J connectivity index is -0.00000170. The van der Waals surface area contributed by atoms with E-state index in [1.54, 1.807) is 0 Å². The molecule has 0 aliphatic carbocycles. The molecule has 0 atom stereocenters. The van der Waals surface area contributed by atoms with Gasteiger partial charge in [0, 0.05) is 51.7 Å². The van der Waals surface area contributed by atoms with Crippen molar-refractivity contribution in [3.05, 3.63) is 0 Å². The largest absolute Gasteiger partial charge is 0.469 e. The van der Waals surface area contributed by atoms with Crippen LogP contribution >= 0.6 is 0 Å². The van der Waals surface area contributed by atoms with Crippen molar-refractivity contribution < 1.29 is 108 Å². The Morgan fingerprint density at radius 2 is 0.308 bits per heavy atom. The third kappa shape index (κ3) is 69.5. The van der Waals surface area contributed by atoms with Crippen LogP contribution in [0.1, 0.15) is 38.5 Å². The minimum Gasteiger partial charge on any atom is -0.456 e. The summed E-state index contributed by atoms with van der Waals surface area (Å²) in [6.07, 6.45) is 4.93. The standard InChI is InChI=1S/C29H76O10Si8.C25H64O8Si6.C21H52O6Si4/c1-40(2,3)34-46(35-41(4,5)6,36-42(7,8)9)23-19-21-32-27-29(25-30,26-31)28-33-22-20-24-47(37-43(10,11)12,38-44(13,14)15)39-45(16,17)18;1-34(2,3)30-38(13,31-35(4,5)6)19-15-17-28-23-25(21-26,22-27)24-29-18-16-20-39(14,32-36(7,8)9)33-37(10,11)12;1-28(2,3)26-30(7,8)15-11-13-24-19-21(17-22,18-23)20-25-14-12-16-31(9,10)27-29(4,5)6/h30-31H,19-28H2,1-18H3;26-27H,15-24H2,1-14H3;22-23H,11-20H2,1-10H3. The van der Waals surface area contributed by atoms with Gasteiger partial charge in [0.25, 0.3) is 0 Å². The van der Waals surface area contributed by atoms with Crippen LogP contribution in [0.25, 0.3) is 0 Å². The van der Waals surface area contributed by atoms with Crippen molar-refractivity contribution in [2.45, 2.75) is 350 Å². The molecule has 0 saturated heterocycles. The van der Waals surface area contributed by atoms with Gasteiger partial charge < -0.3 is 108 Å². The predicted molar refractivity (Wildman–Crippen MR) is 534 cm³/mol. The van der Waals surface area contributed by atoms with Crippen molar-refractivity contribution in [1.29, 1.82) is 0 Å². The summed E-state index contributed by atoms with van der Waals surface area (Å²) in [4.78, 5) is 0. The molecule has 0 unspecified atom stereocenters. The fourth-order valence-corrected chi connectivity index (χ4v) is 83.7. The molecule has 0 radical (unpaired) electrons. The molecule has 24 nitrogen and oxygen atoms in total. The molecule has 0 aromatic heterocycles. The highest BCUT2D eigenvalue weighted by Gasteiger charge is 2.52. The number of hydrogen-bond donors (Lipinski definition) is 6. The normalized spacial score (nSPS) is 14.8. The lowest BCUT2D eigenvalue weighted by Crippen LogP contribution is -2.60. The molecule has 0 amide bonds. The molecule has 708 valence electrons. The number of aliphatic hydroxyl groups is 6. The Labute approximate surface area is 738 Å². The van der Waals surface area contributed by atoms with Crippen LogP contribution in [0.2, 0.25) is 311 Å². The molecule has 0 spiro atoms. The van der Waals surface area contributed by atoms with Gasteiger partial charge >= 0.3 is 34.7 Å². The second-order valence-corrected chi connectivity index (χ2v) is 124. The number of hydrogen-bond acceptors (Lipinski definition) is 24. The maximum absolute atomic E-state index is 10.3. The van der Waals surface area contributed by atoms with Crippen LogP contribution in [0.5, 0.6) is 0 Å². The van der Waals surface area contributed by atoms with Crippen LogP contribution in [0.15, 0.2) is 0 Å². The Kier molecular flexibility index (Phi) is 56.0. The molecule has 0 heterocycles. The summed E-state index contributed by atoms with van der Waals surface area (Å²) in [7, 11) is -35.5. The fraction of sp³-hybridized carbons (Fsp3) is 1.00. The summed E-state index contributed by atoms with van der Waals surface area (Å²) in [5.41, 5.74) is -2.47. The highest BCUT2D eigenvalue weighted by molar-refractivity contribution is 6.92. The Morgan fingerprint density at radius 3 is 0.444 bits per heavy atom. The first-order valence-corrected chi connectivity index (χ1v) is 99.7. The average Bonchev–Trinajstić information content (AvgIpc) is 0.813. The Morgan fingerprint density at radius 1 is 0.171 bits per heavy atom. The lowest BCUT2D eigenvalue weighted by Gasteiger charge is -2.43. The molecule has 0 aliphatic rings. The molecule has 0 aliphatic heterocycles. The highest BCUT2D eigenvalue weighted by Crippen LogP contribution is 2.35. The Hall–Kier alpha value is 2.94. The fourth-order valence-electron chi connectivity index (χ4n) is 13.4. The van der Waals surface area contributed by atoms with Crippen LogP contribution < -0.4 is 0 Å². The van der Waals surface area contributed by atoms with E-state index in [0.29, 0.717) is 77.8 Å². The van der Waals surface area contributed by atoms with Gasteiger partial charge in [-0.2, -0.15) is 0 Å². The Bertz CT molecular complexity index is 2320. The maximum Gasteiger partial charge on any atom is 0.469 e. The van der Waals surface area contributed by atoms with E-state index < -0.39 is 167 Å². The van der Waals surface area contributed by atoms with E-state index in [9.17, 15) is 30.6 Å². The van der Waals surface area contributed by atoms with Gasteiger partial charge in [0.15, 0.2) is 116 Å². The van der Waals surface area contributed by atoms with Gasteiger partial charge in [-0.1, -0.05) is 0 Å². The zero-order valence-electron chi connectivity index (χ0n) is 83.7. The van der Waals surface area contributed by atoms with E-state index >= 15 is 0 Å². The van der Waals surface area contributed by atoms with E-state index in [1.807, 2.05) is 0 Å². The molecule has 6 N–H and O–H groups in total. The number of aliphatic hydroxyl groups excluding tert-OH is 6. The number of ether oxygens (including phenoxy) is 6. The first-order valence-electron chi connectivity index (χ1n) is 43.6. The van der Waals surface area contributed by atoms with Crippen LogP contribution in [0, 0.1) is 16.2 Å². The first-order chi connectivity index (χ1) is 52.1. The van der Waals surface area contributed by atoms with Crippen LogP contribution in [-0.2, 0) is 77.8 Å². The first kappa shape index (κ1) is 124. The highest BCUT2D eigenvalue weighted by atomic mass is 28.5. The van der Waals surface area contributed by atoms with E-state index in [4.69, 9.17) is 77.8 Å². The second-order valence-electron chi connectivity index (χ2n) is 46.1. The van der Waals surface area contributed by atoms with Crippen LogP contribution in [0.4, 0.5) is 0 Å². The summed E-state index contributed by atoms with van der Waals surface area (Å²) in [5.74, 6) is 0. The molecular formula is C75H192O24Si18. The molecule has 0 aromatic carbocycles. The summed E-state index contributed by atoms with van der Waals surface area (Å²) in [6.45, 7) is 96.1. The molecule has 0 saturated carbocycles. The van der Waals surface area contributed by atoms with Gasteiger partial charge in [-0.15, -0.1) is 0 Å². The lowest BCUT2D eigenvalue weighted by molar-refractivity contribution is -0.0771. The summed E-state index contributed by atoms with van der Waals surface area (Å²) in [6, 6.07) is 5.20. The predicted octanol–water partition coefficient (Wildman–Crippen LogP) is 19.0. The van der Waals surface area contributed by atoms with Gasteiger partial charge in [0.2, 0.25) is 0 Å². The van der Waals surface area contributed by atoms with Crippen LogP contribution in [0.3, 0.4) is 0 Å². The van der Waals surface area contributed by atoms with E-state index in [-0.39, 0.29) is 66.1 Å². The van der Waals surface area contributed by atoms with Gasteiger partial charge in [-0.05, 0) is 338 Å². The second kappa shape index (κ2) is 52.8. The lowest BCUT2D eigenvalue weighted by atomic mass is 9.92. The topological polar surface area (TPSA) is 288 Å². The maximum atomic E-state index is 10.3. The summed E-state index contributed by atoms with van der Waals surface area (Å²) >= 11 is 0. The van der Waals surface area contributed by atoms with E-state index in [2.05, 4.69) is 275 Å². The SMILES string of the molecule is C[Si](C)(C)O[Si](C)(C)CCCOCC(CO)(CO)COCCC[Si](C)(C)O[Si](C)(C)C.C[Si](C)(C)O[Si](C)(CCCOCC(CO)(CO)COCCC[Si](C)(O[Si](C)(C)C)O[Si](C)(C)C)O[Si](C)(C)C.C[Si](C)(C)O[Si](CCCOCC(CO)(CO)COCCC[Si](O[Si](C)(C)C)(O[Si](C)(C)C)O[Si](C)(C)C)(O[Si](C)(C)C)O[Si](C)(C)C. The zero-order valence-corrected chi connectivity index (χ0v) is 102. The zero-order chi connectivity index (χ0) is 92.4. The van der Waals surface area contributed by atoms with Gasteiger partial charge in [-0.3, -0.25) is 0 Å². The monoisotopic (exact) mass is 1980 g/mol. The molecule has 0 fully saturated rings. The minimum absolute atomic E-state index is 0.151. The minimum atomic E-state index is -2.94. The number of rotatable bonds is 66. The van der Waals surface area contributed by atoms with Gasteiger partial charge in [0.05, 0.1) is 95.5 Å². The van der Waals surface area contributed by atoms with E-state index in [0.717, 1.165) is 49.9 Å². The quantitative estimate of drug-likeness (QED) is 0.0244. The molecule has 117 heavy (non-hydrogen) atoms. The summed E-state index contributed by atoms with van der Waals surface area (Å²) < 4.78 is 115. The molecule has 0 bridgehead atoms. The van der Waals surface area contributed by atoms with Gasteiger partial charge in [-0.25, -0.2) is 0 Å². The third-order valence-corrected chi connectivity index (χ3v) is 71.8. The van der Waals surface area contributed by atoms with E-state index in [1.165, 1.54) is 0 Å². The van der Waals surface area contributed by atoms with Crippen LogP contribution in [-0.4, -0.2) is 301 Å². The van der Waals surface area contributed by atoms with Crippen molar-refractivity contribution >= 4 is 151 Å². The van der Waals surface area contributed by atoms with Crippen molar-refractivity contribution in [1.82, 2.24) is 0 Å². The average molecular weight is 1980 g/mol. The molecule has 42 heteroatoms. The van der Waals surface area contributed by atoms with Crippen molar-refractivity contribution in [3.8, 4) is 0 Å². The van der Waals surface area contributed by atoms with Gasteiger partial charge in [0.1, 0.15) is 0 Å². The van der Waals surface area contributed by atoms with Crippen molar-refractivity contribution in [2.24, 2.45) is 16.2 Å². The molecular weight excluding hydrogens is 1790 g/mol. The molecule has 0 aromatic rings. The smallest absolute Gasteiger partial charge is 0.456 e.